The van der Waals surface area contributed by atoms with Crippen LogP contribution in [0.15, 0.2) is 0 Å². The third-order valence-corrected chi connectivity index (χ3v) is 3.50. The van der Waals surface area contributed by atoms with E-state index < -0.39 is 23.7 Å². The van der Waals surface area contributed by atoms with Crippen molar-refractivity contribution in [3.8, 4) is 0 Å². The van der Waals surface area contributed by atoms with Crippen molar-refractivity contribution in [3.05, 3.63) is 0 Å². The number of nitrogens with zero attached hydrogens (tertiary/aromatic N) is 1. The number of ether oxygens (including phenoxy) is 1. The van der Waals surface area contributed by atoms with Crippen LogP contribution in [-0.4, -0.2) is 39.8 Å². The van der Waals surface area contributed by atoms with E-state index in [0.717, 1.165) is 38.5 Å². The fraction of sp³-hybridized carbons (Fsp3) is 0.875. The van der Waals surface area contributed by atoms with E-state index in [1.807, 2.05) is 0 Å². The number of unbranched alkanes of at least 4 members (excludes halogenated alkanes) is 3. The Labute approximate surface area is 127 Å². The van der Waals surface area contributed by atoms with Crippen LogP contribution in [0, 0.1) is 0 Å². The molecule has 1 rings (SSSR count). The Morgan fingerprint density at radius 3 is 2.29 bits per heavy atom. The summed E-state index contributed by atoms with van der Waals surface area (Å²) in [6, 6.07) is -0.726. The van der Waals surface area contributed by atoms with Gasteiger partial charge in [-0.1, -0.05) is 32.6 Å². The minimum Gasteiger partial charge on any atom is -0.480 e. The molecule has 5 nitrogen and oxygen atoms in total. The summed E-state index contributed by atoms with van der Waals surface area (Å²) in [6.45, 7) is 7.51. The number of aliphatic carboxylic acids is 1. The van der Waals surface area contributed by atoms with Crippen molar-refractivity contribution in [3.63, 3.8) is 0 Å². The molecule has 1 aliphatic rings. The first-order chi connectivity index (χ1) is 9.76. The largest absolute Gasteiger partial charge is 0.480 e. The van der Waals surface area contributed by atoms with Crippen molar-refractivity contribution in [2.45, 2.75) is 90.3 Å². The molecule has 1 saturated carbocycles. The van der Waals surface area contributed by atoms with Crippen LogP contribution in [0.3, 0.4) is 0 Å². The molecular weight excluding hydrogens is 270 g/mol. The first kappa shape index (κ1) is 17.8. The molecule has 1 atom stereocenters. The number of carboxylic acid groups (broad SMARTS) is 1. The summed E-state index contributed by atoms with van der Waals surface area (Å²) in [6.07, 6.45) is 5.80. The van der Waals surface area contributed by atoms with Crippen molar-refractivity contribution in [1.29, 1.82) is 0 Å². The number of hydrogen-bond acceptors (Lipinski definition) is 3. The van der Waals surface area contributed by atoms with E-state index in [1.54, 1.807) is 20.8 Å². The lowest BCUT2D eigenvalue weighted by atomic mass is 10.1. The fourth-order valence-corrected chi connectivity index (χ4v) is 2.34. The van der Waals surface area contributed by atoms with Gasteiger partial charge in [-0.15, -0.1) is 0 Å². The van der Waals surface area contributed by atoms with Gasteiger partial charge in [0.25, 0.3) is 0 Å². The average Bonchev–Trinajstić information content (AvgIpc) is 3.14. The van der Waals surface area contributed by atoms with Crippen LogP contribution in [0.5, 0.6) is 0 Å². The quantitative estimate of drug-likeness (QED) is 0.692. The van der Waals surface area contributed by atoms with E-state index in [1.165, 1.54) is 4.90 Å². The predicted octanol–water partition coefficient (Wildman–Crippen LogP) is 3.81. The van der Waals surface area contributed by atoms with Crippen LogP contribution in [0.2, 0.25) is 0 Å². The van der Waals surface area contributed by atoms with Crippen LogP contribution in [0.4, 0.5) is 4.79 Å². The van der Waals surface area contributed by atoms with Crippen LogP contribution < -0.4 is 0 Å². The van der Waals surface area contributed by atoms with Gasteiger partial charge in [0, 0.05) is 6.04 Å². The topological polar surface area (TPSA) is 66.8 Å². The minimum atomic E-state index is -0.927. The smallest absolute Gasteiger partial charge is 0.411 e. The zero-order chi connectivity index (χ0) is 16.0. The van der Waals surface area contributed by atoms with Gasteiger partial charge in [0.15, 0.2) is 0 Å². The first-order valence-electron chi connectivity index (χ1n) is 8.00. The SMILES string of the molecule is CCCCCCC(C(=O)O)N(C(=O)OC(C)(C)C)C1CC1. The van der Waals surface area contributed by atoms with Crippen molar-refractivity contribution < 1.29 is 19.4 Å². The number of carbonyl (C=O) groups is 2. The van der Waals surface area contributed by atoms with Crippen molar-refractivity contribution in [2.75, 3.05) is 0 Å². The fourth-order valence-electron chi connectivity index (χ4n) is 2.34. The molecule has 1 amide bonds. The van der Waals surface area contributed by atoms with E-state index in [2.05, 4.69) is 6.92 Å². The van der Waals surface area contributed by atoms with Crippen molar-refractivity contribution in [2.24, 2.45) is 0 Å². The number of rotatable bonds is 8. The maximum atomic E-state index is 12.3. The summed E-state index contributed by atoms with van der Waals surface area (Å²) >= 11 is 0. The first-order valence-corrected chi connectivity index (χ1v) is 8.00. The standard InChI is InChI=1S/C16H29NO4/c1-5-6-7-8-9-13(14(18)19)17(12-10-11-12)15(20)21-16(2,3)4/h12-13H,5-11H2,1-4H3,(H,18,19). The highest BCUT2D eigenvalue weighted by atomic mass is 16.6. The van der Waals surface area contributed by atoms with E-state index in [4.69, 9.17) is 4.74 Å². The summed E-state index contributed by atoms with van der Waals surface area (Å²) in [5.74, 6) is -0.927. The summed E-state index contributed by atoms with van der Waals surface area (Å²) in [5, 5.41) is 9.47. The molecule has 0 saturated heterocycles. The second-order valence-electron chi connectivity index (χ2n) is 6.82. The molecule has 1 fully saturated rings. The Hall–Kier alpha value is -1.26. The number of carbonyl (C=O) groups excluding carboxylic acids is 1. The highest BCUT2D eigenvalue weighted by molar-refractivity contribution is 5.80. The molecule has 1 N–H and O–H groups in total. The maximum Gasteiger partial charge on any atom is 0.411 e. The zero-order valence-corrected chi connectivity index (χ0v) is 13.7. The summed E-state index contributed by atoms with van der Waals surface area (Å²) in [5.41, 5.74) is -0.602. The van der Waals surface area contributed by atoms with Crippen LogP contribution in [-0.2, 0) is 9.53 Å². The van der Waals surface area contributed by atoms with Gasteiger partial charge < -0.3 is 9.84 Å². The molecule has 0 bridgehead atoms. The third-order valence-electron chi connectivity index (χ3n) is 3.50. The Kier molecular flexibility index (Phi) is 6.49. The Bertz CT molecular complexity index is 358. The highest BCUT2D eigenvalue weighted by Crippen LogP contribution is 2.31. The van der Waals surface area contributed by atoms with Gasteiger partial charge in [-0.3, -0.25) is 4.90 Å². The number of amides is 1. The van der Waals surface area contributed by atoms with Gasteiger partial charge in [0.2, 0.25) is 0 Å². The molecule has 0 aliphatic heterocycles. The number of hydrogen-bond donors (Lipinski definition) is 1. The predicted molar refractivity (Wildman–Crippen MR) is 81.3 cm³/mol. The lowest BCUT2D eigenvalue weighted by molar-refractivity contribution is -0.143. The highest BCUT2D eigenvalue weighted by Gasteiger charge is 2.42. The monoisotopic (exact) mass is 299 g/mol. The third kappa shape index (κ3) is 6.36. The summed E-state index contributed by atoms with van der Waals surface area (Å²) < 4.78 is 5.38. The second-order valence-corrected chi connectivity index (χ2v) is 6.82. The van der Waals surface area contributed by atoms with E-state index in [-0.39, 0.29) is 6.04 Å². The van der Waals surface area contributed by atoms with Gasteiger partial charge in [-0.25, -0.2) is 9.59 Å². The van der Waals surface area contributed by atoms with Gasteiger partial charge in [0.05, 0.1) is 0 Å². The van der Waals surface area contributed by atoms with E-state index in [0.29, 0.717) is 6.42 Å². The molecule has 122 valence electrons. The van der Waals surface area contributed by atoms with Crippen LogP contribution in [0.1, 0.15) is 72.6 Å². The van der Waals surface area contributed by atoms with Gasteiger partial charge in [-0.2, -0.15) is 0 Å². The molecule has 21 heavy (non-hydrogen) atoms. The summed E-state index contributed by atoms with van der Waals surface area (Å²) in [7, 11) is 0. The summed E-state index contributed by atoms with van der Waals surface area (Å²) in [4.78, 5) is 25.3. The molecule has 0 aromatic heterocycles. The molecule has 0 aromatic carbocycles. The van der Waals surface area contributed by atoms with E-state index in [9.17, 15) is 14.7 Å². The van der Waals surface area contributed by atoms with Crippen LogP contribution in [0.25, 0.3) is 0 Å². The molecule has 5 heteroatoms. The molecule has 0 heterocycles. The van der Waals surface area contributed by atoms with Gasteiger partial charge in [0.1, 0.15) is 11.6 Å². The Morgan fingerprint density at radius 2 is 1.86 bits per heavy atom. The van der Waals surface area contributed by atoms with Crippen LogP contribution >= 0.6 is 0 Å². The molecule has 0 aromatic rings. The molecular formula is C16H29NO4. The van der Waals surface area contributed by atoms with Crippen molar-refractivity contribution in [1.82, 2.24) is 4.90 Å². The average molecular weight is 299 g/mol. The Morgan fingerprint density at radius 1 is 1.24 bits per heavy atom. The second kappa shape index (κ2) is 7.66. The number of carboxylic acids is 1. The van der Waals surface area contributed by atoms with E-state index >= 15 is 0 Å². The van der Waals surface area contributed by atoms with Gasteiger partial charge in [-0.05, 0) is 40.0 Å². The van der Waals surface area contributed by atoms with Gasteiger partial charge >= 0.3 is 12.1 Å². The molecule has 0 spiro atoms. The normalized spacial score (nSPS) is 16.4. The van der Waals surface area contributed by atoms with Crippen molar-refractivity contribution >= 4 is 12.1 Å². The Balaban J connectivity index is 2.69. The molecule has 0 radical (unpaired) electrons. The molecule has 1 aliphatic carbocycles. The maximum absolute atomic E-state index is 12.3. The zero-order valence-electron chi connectivity index (χ0n) is 13.7. The minimum absolute atomic E-state index is 0.0344. The molecule has 1 unspecified atom stereocenters. The lowest BCUT2D eigenvalue weighted by Gasteiger charge is -2.31. The lowest BCUT2D eigenvalue weighted by Crippen LogP contribution is -2.48.